The van der Waals surface area contributed by atoms with Crippen LogP contribution in [0.3, 0.4) is 0 Å². The molecule has 0 saturated heterocycles. The Hall–Kier alpha value is -3.98. The topological polar surface area (TPSA) is 90.2 Å². The highest BCUT2D eigenvalue weighted by molar-refractivity contribution is 5.95. The second-order valence-electron chi connectivity index (χ2n) is 6.73. The molecule has 0 unspecified atom stereocenters. The number of nitriles is 1. The van der Waals surface area contributed by atoms with Crippen LogP contribution in [0.1, 0.15) is 38.3 Å². The summed E-state index contributed by atoms with van der Waals surface area (Å²) in [4.78, 5) is 16.6. The van der Waals surface area contributed by atoms with Gasteiger partial charge in [-0.2, -0.15) is 10.4 Å². The first kappa shape index (κ1) is 19.8. The Morgan fingerprint density at radius 3 is 2.41 bits per heavy atom. The lowest BCUT2D eigenvalue weighted by molar-refractivity contribution is 0.0955. The lowest BCUT2D eigenvalue weighted by Crippen LogP contribution is -2.17. The highest BCUT2D eigenvalue weighted by atomic mass is 16.2. The minimum Gasteiger partial charge on any atom is -0.339 e. The fourth-order valence-electron chi connectivity index (χ4n) is 2.79. The molecule has 3 rings (SSSR count). The molecular weight excluding hydrogens is 362 g/mol. The summed E-state index contributed by atoms with van der Waals surface area (Å²) in [6.45, 7) is 5.77. The first-order valence-electron chi connectivity index (χ1n) is 9.12. The van der Waals surface area contributed by atoms with Gasteiger partial charge in [-0.05, 0) is 62.2 Å². The molecule has 0 fully saturated rings. The smallest absolute Gasteiger partial charge is 0.271 e. The van der Waals surface area contributed by atoms with Gasteiger partial charge < -0.3 is 5.32 Å². The summed E-state index contributed by atoms with van der Waals surface area (Å²) in [6, 6.07) is 18.8. The van der Waals surface area contributed by atoms with Crippen molar-refractivity contribution in [2.45, 2.75) is 20.8 Å². The van der Waals surface area contributed by atoms with Crippen LogP contribution in [0.25, 0.3) is 0 Å². The summed E-state index contributed by atoms with van der Waals surface area (Å²) >= 11 is 0. The fraction of sp³-hybridized carbons (Fsp3) is 0.130. The normalized spacial score (nSPS) is 10.6. The second kappa shape index (κ2) is 8.81. The zero-order valence-corrected chi connectivity index (χ0v) is 16.5. The SMILES string of the molecule is Cc1ccc(C=NNC(=O)c2ccc(Nc3nc(C)cc(C)c3C#N)cc2)cc1. The Labute approximate surface area is 169 Å². The molecule has 0 bridgehead atoms. The van der Waals surface area contributed by atoms with E-state index in [1.165, 1.54) is 0 Å². The maximum Gasteiger partial charge on any atom is 0.271 e. The quantitative estimate of drug-likeness (QED) is 0.505. The van der Waals surface area contributed by atoms with Gasteiger partial charge in [0.25, 0.3) is 5.91 Å². The highest BCUT2D eigenvalue weighted by Gasteiger charge is 2.09. The summed E-state index contributed by atoms with van der Waals surface area (Å²) in [5.74, 6) is 0.201. The van der Waals surface area contributed by atoms with Gasteiger partial charge in [0.1, 0.15) is 11.9 Å². The van der Waals surface area contributed by atoms with E-state index >= 15 is 0 Å². The summed E-state index contributed by atoms with van der Waals surface area (Å²) in [5, 5.41) is 16.5. The van der Waals surface area contributed by atoms with Crippen molar-refractivity contribution < 1.29 is 4.79 Å². The number of amides is 1. The highest BCUT2D eigenvalue weighted by Crippen LogP contribution is 2.22. The van der Waals surface area contributed by atoms with Crippen molar-refractivity contribution in [3.05, 3.63) is 88.1 Å². The van der Waals surface area contributed by atoms with Crippen molar-refractivity contribution >= 4 is 23.6 Å². The molecule has 0 aliphatic carbocycles. The summed E-state index contributed by atoms with van der Waals surface area (Å²) in [6.07, 6.45) is 1.60. The standard InChI is InChI=1S/C23H21N5O/c1-15-4-6-18(7-5-15)14-25-28-23(29)19-8-10-20(11-9-19)27-22-21(13-24)16(2)12-17(3)26-22/h4-12,14H,1-3H3,(H,26,27)(H,28,29). The maximum absolute atomic E-state index is 12.2. The third-order valence-electron chi connectivity index (χ3n) is 4.32. The van der Waals surface area contributed by atoms with Crippen molar-refractivity contribution in [1.82, 2.24) is 10.4 Å². The van der Waals surface area contributed by atoms with Crippen molar-refractivity contribution in [2.24, 2.45) is 5.10 Å². The molecule has 1 amide bonds. The van der Waals surface area contributed by atoms with Crippen LogP contribution in [0, 0.1) is 32.1 Å². The minimum atomic E-state index is -0.304. The molecule has 3 aromatic rings. The third-order valence-corrected chi connectivity index (χ3v) is 4.32. The minimum absolute atomic E-state index is 0.304. The van der Waals surface area contributed by atoms with E-state index in [4.69, 9.17) is 0 Å². The van der Waals surface area contributed by atoms with Gasteiger partial charge in [0.2, 0.25) is 0 Å². The van der Waals surface area contributed by atoms with Crippen LogP contribution in [-0.2, 0) is 0 Å². The molecule has 1 aromatic heterocycles. The van der Waals surface area contributed by atoms with E-state index in [0.29, 0.717) is 16.9 Å². The Morgan fingerprint density at radius 2 is 1.76 bits per heavy atom. The number of carbonyl (C=O) groups is 1. The van der Waals surface area contributed by atoms with Crippen molar-refractivity contribution in [3.63, 3.8) is 0 Å². The van der Waals surface area contributed by atoms with Crippen LogP contribution in [0.5, 0.6) is 0 Å². The van der Waals surface area contributed by atoms with Gasteiger partial charge in [0.15, 0.2) is 0 Å². The van der Waals surface area contributed by atoms with Crippen LogP contribution < -0.4 is 10.7 Å². The summed E-state index contributed by atoms with van der Waals surface area (Å²) in [7, 11) is 0. The maximum atomic E-state index is 12.2. The van der Waals surface area contributed by atoms with Gasteiger partial charge in [-0.25, -0.2) is 10.4 Å². The number of hydrazone groups is 1. The van der Waals surface area contributed by atoms with Crippen LogP contribution in [0.15, 0.2) is 59.7 Å². The van der Waals surface area contributed by atoms with Crippen LogP contribution in [-0.4, -0.2) is 17.1 Å². The van der Waals surface area contributed by atoms with E-state index in [2.05, 4.69) is 26.9 Å². The number of aromatic nitrogens is 1. The summed E-state index contributed by atoms with van der Waals surface area (Å²) in [5.41, 5.74) is 8.00. The number of anilines is 2. The fourth-order valence-corrected chi connectivity index (χ4v) is 2.79. The number of pyridine rings is 1. The number of nitrogens with zero attached hydrogens (tertiary/aromatic N) is 3. The molecule has 0 spiro atoms. The monoisotopic (exact) mass is 383 g/mol. The molecule has 0 radical (unpaired) electrons. The average molecular weight is 383 g/mol. The van der Waals surface area contributed by atoms with E-state index in [-0.39, 0.29) is 5.91 Å². The number of hydrogen-bond acceptors (Lipinski definition) is 5. The Morgan fingerprint density at radius 1 is 1.07 bits per heavy atom. The Kier molecular flexibility index (Phi) is 6.00. The second-order valence-corrected chi connectivity index (χ2v) is 6.73. The van der Waals surface area contributed by atoms with Crippen LogP contribution in [0.4, 0.5) is 11.5 Å². The molecule has 29 heavy (non-hydrogen) atoms. The Bertz CT molecular complexity index is 1090. The molecule has 0 saturated carbocycles. The number of nitrogens with one attached hydrogen (secondary N) is 2. The molecule has 2 aromatic carbocycles. The zero-order valence-electron chi connectivity index (χ0n) is 16.5. The zero-order chi connectivity index (χ0) is 20.8. The van der Waals surface area contributed by atoms with Crippen molar-refractivity contribution in [3.8, 4) is 6.07 Å². The lowest BCUT2D eigenvalue weighted by atomic mass is 10.1. The molecule has 2 N–H and O–H groups in total. The van der Waals surface area contributed by atoms with Crippen LogP contribution >= 0.6 is 0 Å². The van der Waals surface area contributed by atoms with Crippen LogP contribution in [0.2, 0.25) is 0 Å². The van der Waals surface area contributed by atoms with Gasteiger partial charge in [0.05, 0.1) is 11.8 Å². The van der Waals surface area contributed by atoms with Gasteiger partial charge in [0, 0.05) is 16.9 Å². The average Bonchev–Trinajstić information content (AvgIpc) is 2.70. The molecule has 0 atom stereocenters. The molecule has 0 aliphatic heterocycles. The molecule has 0 aliphatic rings. The first-order chi connectivity index (χ1) is 14.0. The van der Waals surface area contributed by atoms with E-state index < -0.39 is 0 Å². The van der Waals surface area contributed by atoms with Gasteiger partial charge in [-0.1, -0.05) is 29.8 Å². The predicted molar refractivity (Wildman–Crippen MR) is 114 cm³/mol. The van der Waals surface area contributed by atoms with Crippen molar-refractivity contribution in [2.75, 3.05) is 5.32 Å². The molecular formula is C23H21N5O. The van der Waals surface area contributed by atoms with E-state index in [1.807, 2.05) is 51.1 Å². The summed E-state index contributed by atoms with van der Waals surface area (Å²) < 4.78 is 0. The number of benzene rings is 2. The molecule has 1 heterocycles. The molecule has 144 valence electrons. The first-order valence-corrected chi connectivity index (χ1v) is 9.12. The van der Waals surface area contributed by atoms with E-state index in [9.17, 15) is 10.1 Å². The number of aryl methyl sites for hydroxylation is 3. The lowest BCUT2D eigenvalue weighted by Gasteiger charge is -2.10. The predicted octanol–water partition coefficient (Wildman–Crippen LogP) is 4.39. The van der Waals surface area contributed by atoms with Gasteiger partial charge >= 0.3 is 0 Å². The number of hydrogen-bond donors (Lipinski definition) is 2. The van der Waals surface area contributed by atoms with E-state index in [0.717, 1.165) is 28.1 Å². The Balaban J connectivity index is 1.66. The molecule has 6 nitrogen and oxygen atoms in total. The van der Waals surface area contributed by atoms with Gasteiger partial charge in [-0.15, -0.1) is 0 Å². The number of rotatable bonds is 5. The van der Waals surface area contributed by atoms with E-state index in [1.54, 1.807) is 30.5 Å². The molecule has 6 heteroatoms. The van der Waals surface area contributed by atoms with Crippen molar-refractivity contribution in [1.29, 1.82) is 5.26 Å². The van der Waals surface area contributed by atoms with Gasteiger partial charge in [-0.3, -0.25) is 4.79 Å². The third kappa shape index (κ3) is 5.05. The largest absolute Gasteiger partial charge is 0.339 e. The number of carbonyl (C=O) groups excluding carboxylic acids is 1.